The number of rotatable bonds is 6. The number of ether oxygens (including phenoxy) is 1. The third-order valence-corrected chi connectivity index (χ3v) is 5.57. The average molecular weight is 441 g/mol. The summed E-state index contributed by atoms with van der Waals surface area (Å²) >= 11 is 1.49. The van der Waals surface area contributed by atoms with Crippen molar-refractivity contribution in [2.24, 2.45) is 7.05 Å². The Hall–Kier alpha value is -3.86. The number of carbonyl (C=O) groups excluding carboxylic acids is 1. The SMILES string of the molecule is CCOc1cc(C2NC(=O)NC(c3ccnn3C)=C2c2ccsc2)cc([N+](=O)[O-])c1O. The minimum Gasteiger partial charge on any atom is -0.500 e. The van der Waals surface area contributed by atoms with Crippen molar-refractivity contribution in [3.8, 4) is 11.5 Å². The topological polar surface area (TPSA) is 132 Å². The highest BCUT2D eigenvalue weighted by atomic mass is 32.1. The lowest BCUT2D eigenvalue weighted by Gasteiger charge is -2.30. The van der Waals surface area contributed by atoms with Gasteiger partial charge in [0.05, 0.1) is 29.0 Å². The molecule has 0 bridgehead atoms. The van der Waals surface area contributed by atoms with Gasteiger partial charge in [0.2, 0.25) is 5.75 Å². The number of nitro benzene ring substituents is 1. The number of phenols is 1. The summed E-state index contributed by atoms with van der Waals surface area (Å²) in [5, 5.41) is 35.5. The second-order valence-electron chi connectivity index (χ2n) is 6.75. The zero-order chi connectivity index (χ0) is 22.1. The number of aromatic nitrogens is 2. The first-order chi connectivity index (χ1) is 14.9. The summed E-state index contributed by atoms with van der Waals surface area (Å²) in [6.07, 6.45) is 1.62. The number of benzene rings is 1. The van der Waals surface area contributed by atoms with E-state index in [9.17, 15) is 20.0 Å². The Morgan fingerprint density at radius 2 is 2.19 bits per heavy atom. The number of thiophene rings is 1. The molecule has 0 fully saturated rings. The standard InChI is InChI=1S/C20H19N5O5S/c1-3-30-15-9-12(8-14(19(15)26)25(28)29)17-16(11-5-7-31-10-11)18(23-20(27)22-17)13-4-6-21-24(13)2/h4-10,17,26H,3H2,1-2H3,(H2,22,23,27). The van der Waals surface area contributed by atoms with E-state index in [4.69, 9.17) is 4.74 Å². The fourth-order valence-electron chi connectivity index (χ4n) is 3.55. The molecule has 1 aliphatic heterocycles. The van der Waals surface area contributed by atoms with Crippen LogP contribution in [0.5, 0.6) is 11.5 Å². The van der Waals surface area contributed by atoms with Crippen LogP contribution >= 0.6 is 11.3 Å². The van der Waals surface area contributed by atoms with Crippen molar-refractivity contribution in [3.05, 3.63) is 68.2 Å². The van der Waals surface area contributed by atoms with Crippen LogP contribution in [0.15, 0.2) is 41.2 Å². The van der Waals surface area contributed by atoms with Crippen LogP contribution in [-0.4, -0.2) is 32.4 Å². The van der Waals surface area contributed by atoms with Crippen LogP contribution in [0.1, 0.15) is 29.8 Å². The number of nitrogens with one attached hydrogen (secondary N) is 2. The van der Waals surface area contributed by atoms with Gasteiger partial charge in [-0.1, -0.05) is 0 Å². The molecular formula is C20H19N5O5S. The number of aryl methyl sites for hydroxylation is 1. The largest absolute Gasteiger partial charge is 0.500 e. The summed E-state index contributed by atoms with van der Waals surface area (Å²) in [6.45, 7) is 1.92. The summed E-state index contributed by atoms with van der Waals surface area (Å²) in [7, 11) is 1.76. The average Bonchev–Trinajstić information content (AvgIpc) is 3.40. The van der Waals surface area contributed by atoms with Crippen molar-refractivity contribution in [2.75, 3.05) is 6.61 Å². The van der Waals surface area contributed by atoms with Crippen molar-refractivity contribution in [1.29, 1.82) is 0 Å². The van der Waals surface area contributed by atoms with Crippen molar-refractivity contribution in [1.82, 2.24) is 20.4 Å². The Bertz CT molecular complexity index is 1180. The number of nitro groups is 1. The smallest absolute Gasteiger partial charge is 0.320 e. The normalized spacial score (nSPS) is 16.1. The van der Waals surface area contributed by atoms with Gasteiger partial charge in [-0.15, -0.1) is 0 Å². The van der Waals surface area contributed by atoms with Gasteiger partial charge in [-0.3, -0.25) is 14.8 Å². The van der Waals surface area contributed by atoms with E-state index in [1.54, 1.807) is 30.9 Å². The van der Waals surface area contributed by atoms with Gasteiger partial charge in [-0.05, 0) is 47.0 Å². The molecule has 3 N–H and O–H groups in total. The lowest BCUT2D eigenvalue weighted by atomic mass is 9.90. The number of carbonyl (C=O) groups is 1. The van der Waals surface area contributed by atoms with Gasteiger partial charge in [0.15, 0.2) is 5.75 Å². The van der Waals surface area contributed by atoms with Crippen molar-refractivity contribution in [3.63, 3.8) is 0 Å². The zero-order valence-corrected chi connectivity index (χ0v) is 17.5. The molecule has 2 aromatic heterocycles. The third kappa shape index (κ3) is 3.70. The molecule has 0 radical (unpaired) electrons. The fraction of sp³-hybridized carbons (Fsp3) is 0.200. The van der Waals surface area contributed by atoms with Gasteiger partial charge in [0.25, 0.3) is 0 Å². The molecule has 0 saturated heterocycles. The van der Waals surface area contributed by atoms with Crippen LogP contribution in [0.2, 0.25) is 0 Å². The molecule has 31 heavy (non-hydrogen) atoms. The summed E-state index contributed by atoms with van der Waals surface area (Å²) in [5.41, 5.74) is 2.68. The van der Waals surface area contributed by atoms with Crippen LogP contribution in [0.3, 0.4) is 0 Å². The Morgan fingerprint density at radius 1 is 1.39 bits per heavy atom. The first-order valence-electron chi connectivity index (χ1n) is 9.37. The minimum atomic E-state index is -0.730. The number of amides is 2. The molecule has 160 valence electrons. The van der Waals surface area contributed by atoms with Gasteiger partial charge in [0, 0.05) is 24.9 Å². The Kier molecular flexibility index (Phi) is 5.34. The van der Waals surface area contributed by atoms with E-state index in [1.165, 1.54) is 23.5 Å². The van der Waals surface area contributed by atoms with Crippen molar-refractivity contribution < 1.29 is 19.6 Å². The second-order valence-corrected chi connectivity index (χ2v) is 7.53. The molecule has 1 unspecified atom stereocenters. The van der Waals surface area contributed by atoms with E-state index in [2.05, 4.69) is 15.7 Å². The van der Waals surface area contributed by atoms with Gasteiger partial charge in [0.1, 0.15) is 0 Å². The number of nitrogens with zero attached hydrogens (tertiary/aromatic N) is 3. The van der Waals surface area contributed by atoms with Crippen LogP contribution in [-0.2, 0) is 7.05 Å². The van der Waals surface area contributed by atoms with Gasteiger partial charge in [-0.2, -0.15) is 16.4 Å². The quantitative estimate of drug-likeness (QED) is 0.397. The molecule has 0 spiro atoms. The lowest BCUT2D eigenvalue weighted by molar-refractivity contribution is -0.386. The molecule has 1 aliphatic rings. The molecule has 10 nitrogen and oxygen atoms in total. The second kappa shape index (κ2) is 8.11. The Balaban J connectivity index is 1.97. The van der Waals surface area contributed by atoms with Crippen LogP contribution in [0, 0.1) is 10.1 Å². The first-order valence-corrected chi connectivity index (χ1v) is 10.3. The number of aromatic hydroxyl groups is 1. The zero-order valence-electron chi connectivity index (χ0n) is 16.7. The Labute approximate surface area is 180 Å². The summed E-state index contributed by atoms with van der Waals surface area (Å²) < 4.78 is 7.05. The molecule has 2 amide bonds. The third-order valence-electron chi connectivity index (χ3n) is 4.89. The van der Waals surface area contributed by atoms with E-state index in [0.717, 1.165) is 5.56 Å². The molecule has 3 aromatic rings. The number of urea groups is 1. The maximum absolute atomic E-state index is 12.6. The van der Waals surface area contributed by atoms with Crippen molar-refractivity contribution >= 4 is 34.3 Å². The highest BCUT2D eigenvalue weighted by Crippen LogP contribution is 2.44. The first kappa shape index (κ1) is 20.4. The molecule has 4 rings (SSSR count). The Morgan fingerprint density at radius 3 is 2.81 bits per heavy atom. The van der Waals surface area contributed by atoms with E-state index < -0.39 is 28.4 Å². The number of phenolic OH excluding ortho intramolecular Hbond substituents is 1. The predicted octanol–water partition coefficient (Wildman–Crippen LogP) is 3.42. The summed E-state index contributed by atoms with van der Waals surface area (Å²) in [5.74, 6) is -0.574. The predicted molar refractivity (Wildman–Crippen MR) is 115 cm³/mol. The fourth-order valence-corrected chi connectivity index (χ4v) is 4.21. The van der Waals surface area contributed by atoms with Crippen LogP contribution < -0.4 is 15.4 Å². The van der Waals surface area contributed by atoms with Gasteiger partial charge >= 0.3 is 11.7 Å². The number of hydrogen-bond acceptors (Lipinski definition) is 7. The lowest BCUT2D eigenvalue weighted by Crippen LogP contribution is -2.43. The molecule has 11 heteroatoms. The summed E-state index contributed by atoms with van der Waals surface area (Å²) in [6, 6.07) is 5.24. The minimum absolute atomic E-state index is 0.0220. The van der Waals surface area contributed by atoms with E-state index in [-0.39, 0.29) is 12.4 Å². The van der Waals surface area contributed by atoms with E-state index in [0.29, 0.717) is 22.5 Å². The maximum atomic E-state index is 12.6. The number of hydrogen-bond donors (Lipinski definition) is 3. The van der Waals surface area contributed by atoms with Crippen LogP contribution in [0.25, 0.3) is 11.3 Å². The molecule has 0 aliphatic carbocycles. The molecule has 1 aromatic carbocycles. The molecule has 0 saturated carbocycles. The van der Waals surface area contributed by atoms with E-state index >= 15 is 0 Å². The van der Waals surface area contributed by atoms with Crippen LogP contribution in [0.4, 0.5) is 10.5 Å². The van der Waals surface area contributed by atoms with Gasteiger partial charge < -0.3 is 20.5 Å². The van der Waals surface area contributed by atoms with Crippen molar-refractivity contribution in [2.45, 2.75) is 13.0 Å². The van der Waals surface area contributed by atoms with E-state index in [1.807, 2.05) is 16.8 Å². The molecule has 1 atom stereocenters. The molecule has 3 heterocycles. The highest BCUT2D eigenvalue weighted by molar-refractivity contribution is 7.08. The highest BCUT2D eigenvalue weighted by Gasteiger charge is 2.33. The van der Waals surface area contributed by atoms with Gasteiger partial charge in [-0.25, -0.2) is 4.79 Å². The molecular weight excluding hydrogens is 422 g/mol. The summed E-state index contributed by atoms with van der Waals surface area (Å²) in [4.78, 5) is 23.4. The monoisotopic (exact) mass is 441 g/mol. The maximum Gasteiger partial charge on any atom is 0.320 e.